The van der Waals surface area contributed by atoms with E-state index in [4.69, 9.17) is 0 Å². The molecule has 5 rings (SSSR count). The first-order valence-corrected chi connectivity index (χ1v) is 8.20. The van der Waals surface area contributed by atoms with Crippen molar-refractivity contribution in [1.29, 1.82) is 0 Å². The average molecular weight is 319 g/mol. The zero-order valence-corrected chi connectivity index (χ0v) is 13.1. The fraction of sp³-hybridized carbons (Fsp3) is 0.294. The molecule has 0 aromatic carbocycles. The summed E-state index contributed by atoms with van der Waals surface area (Å²) in [7, 11) is 0. The molecule has 0 unspecified atom stereocenters. The van der Waals surface area contributed by atoms with E-state index in [-0.39, 0.29) is 0 Å². The molecule has 5 heterocycles. The number of aromatic nitrogens is 6. The molecule has 120 valence electrons. The fourth-order valence-corrected chi connectivity index (χ4v) is 3.67. The Hall–Kier alpha value is -2.96. The highest BCUT2D eigenvalue weighted by Gasteiger charge is 2.24. The van der Waals surface area contributed by atoms with Crippen molar-refractivity contribution in [2.45, 2.75) is 18.9 Å². The highest BCUT2D eigenvalue weighted by atomic mass is 15.2. The van der Waals surface area contributed by atoms with Crippen molar-refractivity contribution in [3.63, 3.8) is 0 Å². The van der Waals surface area contributed by atoms with E-state index in [1.54, 1.807) is 12.5 Å². The van der Waals surface area contributed by atoms with Gasteiger partial charge in [-0.15, -0.1) is 0 Å². The van der Waals surface area contributed by atoms with E-state index in [1.807, 2.05) is 24.8 Å². The number of anilines is 1. The smallest absolute Gasteiger partial charge is 0.139 e. The molecule has 7 nitrogen and oxygen atoms in total. The van der Waals surface area contributed by atoms with Crippen LogP contribution in [0.5, 0.6) is 0 Å². The lowest BCUT2D eigenvalue weighted by molar-refractivity contribution is 0.411. The molecule has 1 N–H and O–H groups in total. The van der Waals surface area contributed by atoms with Gasteiger partial charge in [-0.2, -0.15) is 0 Å². The first kappa shape index (κ1) is 13.5. The summed E-state index contributed by atoms with van der Waals surface area (Å²) in [5.41, 5.74) is 3.02. The van der Waals surface area contributed by atoms with Gasteiger partial charge in [0.15, 0.2) is 0 Å². The maximum Gasteiger partial charge on any atom is 0.139 e. The number of H-pyrrole nitrogens is 1. The van der Waals surface area contributed by atoms with E-state index in [2.05, 4.69) is 40.5 Å². The van der Waals surface area contributed by atoms with Gasteiger partial charge >= 0.3 is 0 Å². The van der Waals surface area contributed by atoms with Crippen LogP contribution in [0.15, 0.2) is 43.4 Å². The minimum absolute atomic E-state index is 0.374. The Bertz CT molecular complexity index is 988. The van der Waals surface area contributed by atoms with Crippen molar-refractivity contribution in [3.05, 3.63) is 43.4 Å². The standard InChI is InChI=1S/C17H17N7/c1-2-12(9-23(7-1)15-4-5-18-10-21-15)24-11-22-14-8-20-17-13(16(14)24)3-6-19-17/h3-6,8,10-12H,1-2,7,9H2,(H,19,20)/t12-/m1/s1. The summed E-state index contributed by atoms with van der Waals surface area (Å²) in [5, 5.41) is 1.13. The first-order valence-electron chi connectivity index (χ1n) is 8.20. The lowest BCUT2D eigenvalue weighted by Crippen LogP contribution is -2.37. The van der Waals surface area contributed by atoms with E-state index < -0.39 is 0 Å². The van der Waals surface area contributed by atoms with Crippen LogP contribution in [0.1, 0.15) is 18.9 Å². The molecule has 1 aliphatic rings. The Morgan fingerprint density at radius 3 is 3.08 bits per heavy atom. The predicted molar refractivity (Wildman–Crippen MR) is 91.9 cm³/mol. The number of pyridine rings is 1. The number of fused-ring (bicyclic) bond motifs is 3. The normalized spacial score (nSPS) is 18.5. The van der Waals surface area contributed by atoms with Gasteiger partial charge in [0.25, 0.3) is 0 Å². The summed E-state index contributed by atoms with van der Waals surface area (Å²) in [6.45, 7) is 1.96. The summed E-state index contributed by atoms with van der Waals surface area (Å²) < 4.78 is 2.31. The zero-order chi connectivity index (χ0) is 15.9. The van der Waals surface area contributed by atoms with E-state index in [1.165, 1.54) is 0 Å². The number of nitrogens with one attached hydrogen (secondary N) is 1. The molecule has 4 aromatic rings. The summed E-state index contributed by atoms with van der Waals surface area (Å²) >= 11 is 0. The lowest BCUT2D eigenvalue weighted by Gasteiger charge is -2.34. The predicted octanol–water partition coefficient (Wildman–Crippen LogP) is 2.54. The van der Waals surface area contributed by atoms with Crippen LogP contribution in [0.3, 0.4) is 0 Å². The molecule has 0 bridgehead atoms. The lowest BCUT2D eigenvalue weighted by atomic mass is 10.1. The Balaban J connectivity index is 1.56. The van der Waals surface area contributed by atoms with E-state index >= 15 is 0 Å². The SMILES string of the molecule is c1cc(N2CCC[C@@H](n3cnc4cnc5[nH]ccc5c43)C2)ncn1. The summed E-state index contributed by atoms with van der Waals surface area (Å²) in [4.78, 5) is 22.9. The fourth-order valence-electron chi connectivity index (χ4n) is 3.67. The van der Waals surface area contributed by atoms with Crippen LogP contribution in [0, 0.1) is 0 Å². The van der Waals surface area contributed by atoms with Crippen LogP contribution < -0.4 is 4.90 Å². The number of hydrogen-bond acceptors (Lipinski definition) is 5. The number of piperidine rings is 1. The molecule has 0 amide bonds. The van der Waals surface area contributed by atoms with Crippen LogP contribution in [-0.2, 0) is 0 Å². The number of hydrogen-bond donors (Lipinski definition) is 1. The zero-order valence-electron chi connectivity index (χ0n) is 13.1. The number of aromatic amines is 1. The highest BCUT2D eigenvalue weighted by molar-refractivity contribution is 6.00. The molecule has 1 atom stereocenters. The van der Waals surface area contributed by atoms with Crippen molar-refractivity contribution in [1.82, 2.24) is 29.5 Å². The summed E-state index contributed by atoms with van der Waals surface area (Å²) in [6, 6.07) is 4.43. The molecule has 0 radical (unpaired) electrons. The van der Waals surface area contributed by atoms with Crippen molar-refractivity contribution in [2.24, 2.45) is 0 Å². The van der Waals surface area contributed by atoms with Crippen LogP contribution in [0.25, 0.3) is 22.1 Å². The van der Waals surface area contributed by atoms with Gasteiger partial charge in [-0.1, -0.05) is 0 Å². The van der Waals surface area contributed by atoms with Crippen LogP contribution in [0.2, 0.25) is 0 Å². The topological polar surface area (TPSA) is 75.5 Å². The van der Waals surface area contributed by atoms with Crippen molar-refractivity contribution in [3.8, 4) is 0 Å². The number of imidazole rings is 1. The first-order chi connectivity index (χ1) is 11.9. The highest BCUT2D eigenvalue weighted by Crippen LogP contribution is 2.30. The molecular weight excluding hydrogens is 302 g/mol. The molecule has 0 saturated carbocycles. The van der Waals surface area contributed by atoms with Crippen molar-refractivity contribution < 1.29 is 0 Å². The van der Waals surface area contributed by atoms with E-state index in [9.17, 15) is 0 Å². The summed E-state index contributed by atoms with van der Waals surface area (Å²) in [6.07, 6.45) is 11.4. The van der Waals surface area contributed by atoms with Crippen molar-refractivity contribution in [2.75, 3.05) is 18.0 Å². The van der Waals surface area contributed by atoms with Gasteiger partial charge < -0.3 is 14.5 Å². The van der Waals surface area contributed by atoms with E-state index in [0.717, 1.165) is 53.8 Å². The molecular formula is C17H17N7. The van der Waals surface area contributed by atoms with Gasteiger partial charge in [0, 0.05) is 30.9 Å². The molecule has 1 aliphatic heterocycles. The monoisotopic (exact) mass is 319 g/mol. The molecule has 1 saturated heterocycles. The third-order valence-electron chi connectivity index (χ3n) is 4.80. The molecule has 4 aromatic heterocycles. The Labute approximate surface area is 138 Å². The van der Waals surface area contributed by atoms with Gasteiger partial charge in [0.2, 0.25) is 0 Å². The number of rotatable bonds is 2. The second kappa shape index (κ2) is 5.30. The van der Waals surface area contributed by atoms with Crippen LogP contribution >= 0.6 is 0 Å². The van der Waals surface area contributed by atoms with Gasteiger partial charge in [-0.05, 0) is 25.0 Å². The molecule has 0 aliphatic carbocycles. The van der Waals surface area contributed by atoms with Gasteiger partial charge in [0.05, 0.1) is 24.1 Å². The Morgan fingerprint density at radius 2 is 2.17 bits per heavy atom. The molecule has 1 fully saturated rings. The Kier molecular flexibility index (Phi) is 2.97. The van der Waals surface area contributed by atoms with Gasteiger partial charge in [0.1, 0.15) is 23.3 Å². The van der Waals surface area contributed by atoms with Crippen LogP contribution in [-0.4, -0.2) is 42.6 Å². The minimum atomic E-state index is 0.374. The molecule has 0 spiro atoms. The quantitative estimate of drug-likeness (QED) is 0.614. The largest absolute Gasteiger partial charge is 0.354 e. The van der Waals surface area contributed by atoms with Gasteiger partial charge in [-0.3, -0.25) is 0 Å². The van der Waals surface area contributed by atoms with E-state index in [0.29, 0.717) is 6.04 Å². The maximum atomic E-state index is 4.56. The average Bonchev–Trinajstić information content (AvgIpc) is 3.28. The Morgan fingerprint density at radius 1 is 1.17 bits per heavy atom. The molecule has 24 heavy (non-hydrogen) atoms. The third-order valence-corrected chi connectivity index (χ3v) is 4.80. The second-order valence-electron chi connectivity index (χ2n) is 6.19. The summed E-state index contributed by atoms with van der Waals surface area (Å²) in [5.74, 6) is 0.993. The second-order valence-corrected chi connectivity index (χ2v) is 6.19. The van der Waals surface area contributed by atoms with Crippen LogP contribution in [0.4, 0.5) is 5.82 Å². The minimum Gasteiger partial charge on any atom is -0.354 e. The number of nitrogens with zero attached hydrogens (tertiary/aromatic N) is 6. The molecule has 7 heteroatoms. The third kappa shape index (κ3) is 2.05. The van der Waals surface area contributed by atoms with Crippen molar-refractivity contribution >= 4 is 27.9 Å². The van der Waals surface area contributed by atoms with Gasteiger partial charge in [-0.25, -0.2) is 19.9 Å². The maximum absolute atomic E-state index is 4.56.